The van der Waals surface area contributed by atoms with Crippen LogP contribution in [0.2, 0.25) is 5.02 Å². The zero-order valence-corrected chi connectivity index (χ0v) is 13.7. The molecular weight excluding hydrogens is 356 g/mol. The Balaban J connectivity index is 1.86. The van der Waals surface area contributed by atoms with E-state index < -0.39 is 0 Å². The first kappa shape index (κ1) is 14.5. The molecule has 1 aliphatic rings. The van der Waals surface area contributed by atoms with Crippen molar-refractivity contribution in [2.45, 2.75) is 18.9 Å². The van der Waals surface area contributed by atoms with Gasteiger partial charge in [0.25, 0.3) is 5.91 Å². The average Bonchev–Trinajstić information content (AvgIpc) is 3.23. The first-order valence-electron chi connectivity index (χ1n) is 6.61. The molecule has 1 aromatic carbocycles. The third kappa shape index (κ3) is 3.09. The van der Waals surface area contributed by atoms with Gasteiger partial charge in [0.2, 0.25) is 0 Å². The number of hydrogen-bond acceptors (Lipinski definition) is 2. The maximum absolute atomic E-state index is 12.5. The van der Waals surface area contributed by atoms with E-state index in [2.05, 4.69) is 21.2 Å². The molecular formula is C15H14BrClN2O2. The van der Waals surface area contributed by atoms with Crippen molar-refractivity contribution in [3.05, 3.63) is 45.7 Å². The summed E-state index contributed by atoms with van der Waals surface area (Å²) in [5.41, 5.74) is 1.25. The number of aromatic nitrogens is 1. The second-order valence-electron chi connectivity index (χ2n) is 4.98. The zero-order chi connectivity index (χ0) is 15.0. The normalized spacial score (nSPS) is 14.0. The van der Waals surface area contributed by atoms with Crippen LogP contribution in [0.4, 0.5) is 5.69 Å². The number of carbonyl (C=O) groups excluding carboxylic acids is 1. The highest BCUT2D eigenvalue weighted by Crippen LogP contribution is 2.37. The highest BCUT2D eigenvalue weighted by atomic mass is 79.9. The van der Waals surface area contributed by atoms with Gasteiger partial charge in [0.1, 0.15) is 11.4 Å². The van der Waals surface area contributed by atoms with E-state index in [9.17, 15) is 4.79 Å². The minimum absolute atomic E-state index is 0.178. The predicted octanol–water partition coefficient (Wildman–Crippen LogP) is 4.50. The molecule has 0 unspecified atom stereocenters. The summed E-state index contributed by atoms with van der Waals surface area (Å²) in [7, 11) is 1.59. The summed E-state index contributed by atoms with van der Waals surface area (Å²) in [6, 6.07) is 7.52. The van der Waals surface area contributed by atoms with E-state index in [0.29, 0.717) is 28.2 Å². The summed E-state index contributed by atoms with van der Waals surface area (Å²) >= 11 is 9.46. The van der Waals surface area contributed by atoms with Crippen molar-refractivity contribution in [3.63, 3.8) is 0 Å². The van der Waals surface area contributed by atoms with Crippen LogP contribution in [0, 0.1) is 0 Å². The van der Waals surface area contributed by atoms with Gasteiger partial charge in [0.05, 0.1) is 17.8 Å². The number of methoxy groups -OCH3 is 1. The Labute approximate surface area is 136 Å². The smallest absolute Gasteiger partial charge is 0.272 e. The molecule has 2 aromatic rings. The lowest BCUT2D eigenvalue weighted by Crippen LogP contribution is -2.16. The molecule has 110 valence electrons. The molecule has 1 aliphatic carbocycles. The van der Waals surface area contributed by atoms with Gasteiger partial charge < -0.3 is 14.6 Å². The van der Waals surface area contributed by atoms with Crippen LogP contribution in [-0.2, 0) is 0 Å². The molecule has 1 aromatic heterocycles. The first-order chi connectivity index (χ1) is 10.1. The SMILES string of the molecule is COc1ccc(Br)c(NC(=O)c2cc(Cl)cn2C2CC2)c1. The van der Waals surface area contributed by atoms with Gasteiger partial charge in [-0.05, 0) is 47.0 Å². The molecule has 0 radical (unpaired) electrons. The lowest BCUT2D eigenvalue weighted by Gasteiger charge is -2.11. The van der Waals surface area contributed by atoms with Crippen LogP contribution in [0.5, 0.6) is 5.75 Å². The predicted molar refractivity (Wildman–Crippen MR) is 86.4 cm³/mol. The van der Waals surface area contributed by atoms with Gasteiger partial charge in [0.15, 0.2) is 0 Å². The highest BCUT2D eigenvalue weighted by Gasteiger charge is 2.28. The molecule has 0 saturated heterocycles. The van der Waals surface area contributed by atoms with Crippen molar-refractivity contribution in [1.29, 1.82) is 0 Å². The van der Waals surface area contributed by atoms with Crippen molar-refractivity contribution in [2.24, 2.45) is 0 Å². The largest absolute Gasteiger partial charge is 0.497 e. The summed E-state index contributed by atoms with van der Waals surface area (Å²) in [5.74, 6) is 0.506. The number of carbonyl (C=O) groups is 1. The molecule has 0 bridgehead atoms. The number of anilines is 1. The minimum atomic E-state index is -0.178. The van der Waals surface area contributed by atoms with E-state index in [1.807, 2.05) is 22.9 Å². The monoisotopic (exact) mass is 368 g/mol. The van der Waals surface area contributed by atoms with E-state index in [1.54, 1.807) is 19.2 Å². The third-order valence-corrected chi connectivity index (χ3v) is 4.31. The maximum Gasteiger partial charge on any atom is 0.272 e. The van der Waals surface area contributed by atoms with Crippen LogP contribution in [0.15, 0.2) is 34.9 Å². The Kier molecular flexibility index (Phi) is 3.95. The summed E-state index contributed by atoms with van der Waals surface area (Å²) in [4.78, 5) is 12.5. The molecule has 6 heteroatoms. The van der Waals surface area contributed by atoms with E-state index >= 15 is 0 Å². The number of nitrogens with one attached hydrogen (secondary N) is 1. The summed E-state index contributed by atoms with van der Waals surface area (Å²) in [6.45, 7) is 0. The van der Waals surface area contributed by atoms with E-state index in [0.717, 1.165) is 17.3 Å². The van der Waals surface area contributed by atoms with Gasteiger partial charge in [0, 0.05) is 22.8 Å². The van der Waals surface area contributed by atoms with E-state index in [1.165, 1.54) is 0 Å². The lowest BCUT2D eigenvalue weighted by atomic mass is 10.3. The molecule has 1 amide bonds. The quantitative estimate of drug-likeness (QED) is 0.862. The van der Waals surface area contributed by atoms with Gasteiger partial charge >= 0.3 is 0 Å². The molecule has 1 N–H and O–H groups in total. The van der Waals surface area contributed by atoms with Gasteiger partial charge in [-0.1, -0.05) is 11.6 Å². The van der Waals surface area contributed by atoms with Crippen LogP contribution < -0.4 is 10.1 Å². The van der Waals surface area contributed by atoms with Crippen LogP contribution in [-0.4, -0.2) is 17.6 Å². The Hall–Kier alpha value is -1.46. The molecule has 3 rings (SSSR count). The topological polar surface area (TPSA) is 43.3 Å². The van der Waals surface area contributed by atoms with Gasteiger partial charge in [-0.15, -0.1) is 0 Å². The van der Waals surface area contributed by atoms with Crippen LogP contribution >= 0.6 is 27.5 Å². The molecule has 0 spiro atoms. The van der Waals surface area contributed by atoms with Crippen molar-refractivity contribution in [3.8, 4) is 5.75 Å². The van der Waals surface area contributed by atoms with Crippen molar-refractivity contribution < 1.29 is 9.53 Å². The third-order valence-electron chi connectivity index (χ3n) is 3.41. The number of ether oxygens (including phenoxy) is 1. The van der Waals surface area contributed by atoms with E-state index in [4.69, 9.17) is 16.3 Å². The minimum Gasteiger partial charge on any atom is -0.497 e. The number of hydrogen-bond donors (Lipinski definition) is 1. The summed E-state index contributed by atoms with van der Waals surface area (Å²) in [5, 5.41) is 3.47. The fourth-order valence-corrected chi connectivity index (χ4v) is 2.75. The molecule has 1 saturated carbocycles. The molecule has 4 nitrogen and oxygen atoms in total. The summed E-state index contributed by atoms with van der Waals surface area (Å²) < 4.78 is 7.92. The van der Waals surface area contributed by atoms with Gasteiger partial charge in [-0.3, -0.25) is 4.79 Å². The second kappa shape index (κ2) is 5.73. The number of rotatable bonds is 4. The Morgan fingerprint density at radius 3 is 2.86 bits per heavy atom. The molecule has 21 heavy (non-hydrogen) atoms. The van der Waals surface area contributed by atoms with Crippen molar-refractivity contribution >= 4 is 39.1 Å². The average molecular weight is 370 g/mol. The van der Waals surface area contributed by atoms with Crippen molar-refractivity contribution in [2.75, 3.05) is 12.4 Å². The second-order valence-corrected chi connectivity index (χ2v) is 6.27. The number of amides is 1. The van der Waals surface area contributed by atoms with Crippen molar-refractivity contribution in [1.82, 2.24) is 4.57 Å². The molecule has 1 heterocycles. The fourth-order valence-electron chi connectivity index (χ4n) is 2.20. The molecule has 0 atom stereocenters. The zero-order valence-electron chi connectivity index (χ0n) is 11.4. The fraction of sp³-hybridized carbons (Fsp3) is 0.267. The van der Waals surface area contributed by atoms with Crippen LogP contribution in [0.25, 0.3) is 0 Å². The molecule has 0 aliphatic heterocycles. The summed E-state index contributed by atoms with van der Waals surface area (Å²) in [6.07, 6.45) is 4.00. The first-order valence-corrected chi connectivity index (χ1v) is 7.78. The Morgan fingerprint density at radius 2 is 2.19 bits per heavy atom. The molecule has 1 fully saturated rings. The highest BCUT2D eigenvalue weighted by molar-refractivity contribution is 9.10. The van der Waals surface area contributed by atoms with Crippen LogP contribution in [0.3, 0.4) is 0 Å². The maximum atomic E-state index is 12.5. The van der Waals surface area contributed by atoms with Crippen LogP contribution in [0.1, 0.15) is 29.4 Å². The number of halogens is 2. The standard InChI is InChI=1S/C15H14BrClN2O2/c1-21-11-4-5-12(16)13(7-11)18-15(20)14-6-9(17)8-19(14)10-2-3-10/h4-8,10H,2-3H2,1H3,(H,18,20). The van der Waals surface area contributed by atoms with Gasteiger partial charge in [-0.25, -0.2) is 0 Å². The lowest BCUT2D eigenvalue weighted by molar-refractivity contribution is 0.101. The number of nitrogens with zero attached hydrogens (tertiary/aromatic N) is 1. The Bertz CT molecular complexity index is 695. The van der Waals surface area contributed by atoms with E-state index in [-0.39, 0.29) is 5.91 Å². The Morgan fingerprint density at radius 1 is 1.43 bits per heavy atom. The van der Waals surface area contributed by atoms with Gasteiger partial charge in [-0.2, -0.15) is 0 Å². The number of benzene rings is 1.